The van der Waals surface area contributed by atoms with Gasteiger partial charge in [0.2, 0.25) is 5.67 Å². The third-order valence-corrected chi connectivity index (χ3v) is 2.85. The standard InChI is InChI=1S/C10H10FN3O5/c1-2-10(11)6(16)5(3-15)19-7(10)14-4-12-8(17)13-9(14)18/h1,4-7,15-16H,3H2,(H,13,17,18)/t5-,6+,7-,10?/m1/s1. The average Bonchev–Trinajstić information content (AvgIpc) is 2.63. The SMILES string of the molecule is C#CC1(F)[C@@H](O)[C@@H](CO)O[C@H]1n1cnc(=O)[nH]c1=O. The van der Waals surface area contributed by atoms with Gasteiger partial charge in [-0.05, 0) is 0 Å². The van der Waals surface area contributed by atoms with E-state index < -0.39 is 42.1 Å². The van der Waals surface area contributed by atoms with Gasteiger partial charge in [0, 0.05) is 0 Å². The van der Waals surface area contributed by atoms with Crippen molar-refractivity contribution in [1.29, 1.82) is 0 Å². The van der Waals surface area contributed by atoms with Crippen molar-refractivity contribution >= 4 is 0 Å². The van der Waals surface area contributed by atoms with Crippen LogP contribution in [0.5, 0.6) is 0 Å². The van der Waals surface area contributed by atoms with Crippen molar-refractivity contribution < 1.29 is 19.3 Å². The molecule has 102 valence electrons. The van der Waals surface area contributed by atoms with Crippen LogP contribution in [-0.2, 0) is 4.74 Å². The fourth-order valence-electron chi connectivity index (χ4n) is 1.85. The molecule has 1 aliphatic heterocycles. The molecule has 1 fully saturated rings. The first kappa shape index (κ1) is 13.4. The number of aromatic amines is 1. The highest BCUT2D eigenvalue weighted by Gasteiger charge is 2.57. The zero-order valence-corrected chi connectivity index (χ0v) is 9.49. The molecular formula is C10H10FN3O5. The number of rotatable bonds is 2. The topological polar surface area (TPSA) is 117 Å². The van der Waals surface area contributed by atoms with Gasteiger partial charge >= 0.3 is 11.4 Å². The Balaban J connectivity index is 2.52. The molecule has 1 aromatic rings. The lowest BCUT2D eigenvalue weighted by atomic mass is 9.97. The van der Waals surface area contributed by atoms with Gasteiger partial charge in [0.15, 0.2) is 6.23 Å². The first-order chi connectivity index (χ1) is 8.93. The van der Waals surface area contributed by atoms with Crippen LogP contribution in [-0.4, -0.2) is 49.2 Å². The van der Waals surface area contributed by atoms with Crippen LogP contribution in [0, 0.1) is 12.3 Å². The van der Waals surface area contributed by atoms with Crippen molar-refractivity contribution in [3.63, 3.8) is 0 Å². The van der Waals surface area contributed by atoms with E-state index in [9.17, 15) is 19.1 Å². The molecule has 9 heteroatoms. The third kappa shape index (κ3) is 1.95. The molecule has 0 bridgehead atoms. The lowest BCUT2D eigenvalue weighted by molar-refractivity contribution is -0.0548. The Morgan fingerprint density at radius 3 is 2.89 bits per heavy atom. The van der Waals surface area contributed by atoms with Crippen LogP contribution in [0.2, 0.25) is 0 Å². The zero-order chi connectivity index (χ0) is 14.2. The van der Waals surface area contributed by atoms with E-state index in [0.29, 0.717) is 4.57 Å². The molecule has 1 unspecified atom stereocenters. The predicted octanol–water partition coefficient (Wildman–Crippen LogP) is -2.48. The summed E-state index contributed by atoms with van der Waals surface area (Å²) in [6.07, 6.45) is 0.989. The first-order valence-corrected chi connectivity index (χ1v) is 5.22. The van der Waals surface area contributed by atoms with Gasteiger partial charge in [-0.3, -0.25) is 9.55 Å². The quantitative estimate of drug-likeness (QED) is 0.513. The minimum atomic E-state index is -2.73. The number of nitrogens with one attached hydrogen (secondary N) is 1. The largest absolute Gasteiger partial charge is 0.394 e. The van der Waals surface area contributed by atoms with Crippen LogP contribution in [0.15, 0.2) is 15.9 Å². The van der Waals surface area contributed by atoms with Crippen molar-refractivity contribution in [2.45, 2.75) is 24.1 Å². The fourth-order valence-corrected chi connectivity index (χ4v) is 1.85. The molecule has 3 N–H and O–H groups in total. The highest BCUT2D eigenvalue weighted by molar-refractivity contribution is 5.19. The molecule has 1 saturated heterocycles. The van der Waals surface area contributed by atoms with E-state index in [0.717, 1.165) is 6.33 Å². The Morgan fingerprint density at radius 2 is 2.37 bits per heavy atom. The first-order valence-electron chi connectivity index (χ1n) is 5.22. The molecule has 19 heavy (non-hydrogen) atoms. The van der Waals surface area contributed by atoms with Gasteiger partial charge < -0.3 is 14.9 Å². The second-order valence-corrected chi connectivity index (χ2v) is 3.95. The maximum Gasteiger partial charge on any atom is 0.350 e. The molecule has 1 aromatic heterocycles. The van der Waals surface area contributed by atoms with Gasteiger partial charge in [-0.1, -0.05) is 5.92 Å². The monoisotopic (exact) mass is 271 g/mol. The third-order valence-electron chi connectivity index (χ3n) is 2.85. The molecule has 0 aliphatic carbocycles. The second kappa shape index (κ2) is 4.58. The van der Waals surface area contributed by atoms with E-state index in [1.54, 1.807) is 10.9 Å². The molecule has 0 radical (unpaired) electrons. The average molecular weight is 271 g/mol. The summed E-state index contributed by atoms with van der Waals surface area (Å²) in [5.41, 5.74) is -4.63. The Hall–Kier alpha value is -2.02. The zero-order valence-electron chi connectivity index (χ0n) is 9.49. The summed E-state index contributed by atoms with van der Waals surface area (Å²) < 4.78 is 20.1. The maximum absolute atomic E-state index is 14.5. The normalized spacial score (nSPS) is 34.1. The molecule has 2 rings (SSSR count). The highest BCUT2D eigenvalue weighted by atomic mass is 19.1. The highest BCUT2D eigenvalue weighted by Crippen LogP contribution is 2.40. The maximum atomic E-state index is 14.5. The lowest BCUT2D eigenvalue weighted by Gasteiger charge is -2.23. The molecular weight excluding hydrogens is 261 g/mol. The molecule has 0 amide bonds. The van der Waals surface area contributed by atoms with E-state index in [2.05, 4.69) is 4.98 Å². The number of halogens is 1. The van der Waals surface area contributed by atoms with Gasteiger partial charge in [0.25, 0.3) is 0 Å². The van der Waals surface area contributed by atoms with E-state index in [1.165, 1.54) is 0 Å². The number of H-pyrrole nitrogens is 1. The van der Waals surface area contributed by atoms with Crippen molar-refractivity contribution in [2.24, 2.45) is 0 Å². The van der Waals surface area contributed by atoms with Crippen molar-refractivity contribution in [3.05, 3.63) is 27.3 Å². The molecule has 0 spiro atoms. The Labute approximate surface area is 105 Å². The smallest absolute Gasteiger partial charge is 0.350 e. The molecule has 1 aliphatic rings. The summed E-state index contributed by atoms with van der Waals surface area (Å²) in [4.78, 5) is 27.4. The minimum Gasteiger partial charge on any atom is -0.394 e. The summed E-state index contributed by atoms with van der Waals surface area (Å²) in [5.74, 6) is 1.71. The number of ether oxygens (including phenoxy) is 1. The molecule has 0 saturated carbocycles. The van der Waals surface area contributed by atoms with Crippen LogP contribution in [0.25, 0.3) is 0 Å². The number of alkyl halides is 1. The van der Waals surface area contributed by atoms with Gasteiger partial charge in [0.05, 0.1) is 6.61 Å². The summed E-state index contributed by atoms with van der Waals surface area (Å²) in [6, 6.07) is 0. The Kier molecular flexibility index (Phi) is 3.23. The molecule has 0 aromatic carbocycles. The molecule has 2 heterocycles. The predicted molar refractivity (Wildman–Crippen MR) is 58.8 cm³/mol. The van der Waals surface area contributed by atoms with Crippen LogP contribution in [0.3, 0.4) is 0 Å². The van der Waals surface area contributed by atoms with Crippen molar-refractivity contribution in [2.75, 3.05) is 6.61 Å². The second-order valence-electron chi connectivity index (χ2n) is 3.95. The minimum absolute atomic E-state index is 0.611. The molecule has 8 nitrogen and oxygen atoms in total. The fraction of sp³-hybridized carbons (Fsp3) is 0.500. The number of aliphatic hydroxyl groups is 2. The van der Waals surface area contributed by atoms with Crippen LogP contribution in [0.1, 0.15) is 6.23 Å². The molecule has 4 atom stereocenters. The number of nitrogens with zero attached hydrogens (tertiary/aromatic N) is 2. The summed E-state index contributed by atoms with van der Waals surface area (Å²) in [6.45, 7) is -0.684. The van der Waals surface area contributed by atoms with Crippen molar-refractivity contribution in [3.8, 4) is 12.3 Å². The number of hydrogen-bond donors (Lipinski definition) is 3. The Bertz CT molecular complexity index is 635. The van der Waals surface area contributed by atoms with Gasteiger partial charge in [-0.25, -0.2) is 14.0 Å². The van der Waals surface area contributed by atoms with E-state index >= 15 is 0 Å². The number of terminal acetylenes is 1. The van der Waals surface area contributed by atoms with E-state index in [-0.39, 0.29) is 0 Å². The van der Waals surface area contributed by atoms with E-state index in [1.807, 2.05) is 0 Å². The lowest BCUT2D eigenvalue weighted by Crippen LogP contribution is -2.45. The van der Waals surface area contributed by atoms with Gasteiger partial charge in [-0.15, -0.1) is 6.42 Å². The Morgan fingerprint density at radius 1 is 1.68 bits per heavy atom. The summed E-state index contributed by atoms with van der Waals surface area (Å²) in [5, 5.41) is 18.6. The van der Waals surface area contributed by atoms with Crippen LogP contribution in [0.4, 0.5) is 4.39 Å². The van der Waals surface area contributed by atoms with E-state index in [4.69, 9.17) is 16.3 Å². The number of aromatic nitrogens is 3. The van der Waals surface area contributed by atoms with Crippen LogP contribution < -0.4 is 11.4 Å². The van der Waals surface area contributed by atoms with Gasteiger partial charge in [-0.2, -0.15) is 4.98 Å². The summed E-state index contributed by atoms with van der Waals surface area (Å²) >= 11 is 0. The summed E-state index contributed by atoms with van der Waals surface area (Å²) in [7, 11) is 0. The van der Waals surface area contributed by atoms with Gasteiger partial charge in [0.1, 0.15) is 18.5 Å². The number of hydrogen-bond acceptors (Lipinski definition) is 6. The van der Waals surface area contributed by atoms with Crippen LogP contribution >= 0.6 is 0 Å². The van der Waals surface area contributed by atoms with Crippen molar-refractivity contribution in [1.82, 2.24) is 14.5 Å². The number of aliphatic hydroxyl groups excluding tert-OH is 2.